The van der Waals surface area contributed by atoms with Crippen molar-refractivity contribution in [3.63, 3.8) is 0 Å². The second-order valence-corrected chi connectivity index (χ2v) is 4.99. The van der Waals surface area contributed by atoms with Crippen LogP contribution in [0.4, 0.5) is 0 Å². The summed E-state index contributed by atoms with van der Waals surface area (Å²) in [4.78, 5) is 24.6. The summed E-state index contributed by atoms with van der Waals surface area (Å²) in [6.45, 7) is 5.74. The number of likely N-dealkylation sites (N-methyl/N-ethyl adjacent to an activating group) is 1. The number of nitrogens with zero attached hydrogens (tertiary/aromatic N) is 2. The molecular weight excluding hydrogens is 260 g/mol. The maximum Gasteiger partial charge on any atom is 0.302 e. The fraction of sp³-hybridized carbons (Fsp3) is 0.857. The van der Waals surface area contributed by atoms with Gasteiger partial charge in [-0.05, 0) is 47.6 Å². The maximum absolute atomic E-state index is 10.3. The summed E-state index contributed by atoms with van der Waals surface area (Å²) >= 11 is 0. The summed E-state index contributed by atoms with van der Waals surface area (Å²) < 4.78 is 9.44. The molecular formula is C14H30N2O4. The monoisotopic (exact) mass is 290 g/mol. The highest BCUT2D eigenvalue weighted by Gasteiger charge is 1.93. The van der Waals surface area contributed by atoms with Gasteiger partial charge in [-0.1, -0.05) is 0 Å². The minimum atomic E-state index is -0.211. The number of ether oxygens (including phenoxy) is 2. The summed E-state index contributed by atoms with van der Waals surface area (Å²) in [5.74, 6) is -0.397. The van der Waals surface area contributed by atoms with Crippen LogP contribution in [0.15, 0.2) is 0 Å². The number of esters is 2. The Morgan fingerprint density at radius 3 is 1.60 bits per heavy atom. The van der Waals surface area contributed by atoms with Crippen LogP contribution < -0.4 is 0 Å². The second-order valence-electron chi connectivity index (χ2n) is 4.99. The molecule has 0 saturated heterocycles. The van der Waals surface area contributed by atoms with Gasteiger partial charge in [0, 0.05) is 20.4 Å². The van der Waals surface area contributed by atoms with Crippen molar-refractivity contribution in [3.8, 4) is 0 Å². The first kappa shape index (κ1) is 21.2. The number of hydrogen-bond donors (Lipinski definition) is 0. The molecule has 0 aliphatic carbocycles. The van der Waals surface area contributed by atoms with Crippen molar-refractivity contribution in [1.82, 2.24) is 9.80 Å². The summed E-state index contributed by atoms with van der Waals surface area (Å²) in [6, 6.07) is 0. The highest BCUT2D eigenvalue weighted by molar-refractivity contribution is 5.66. The summed E-state index contributed by atoms with van der Waals surface area (Å²) in [6.07, 6.45) is 2.04. The molecule has 0 radical (unpaired) electrons. The van der Waals surface area contributed by atoms with E-state index in [1.54, 1.807) is 0 Å². The first-order valence-corrected chi connectivity index (χ1v) is 6.82. The Labute approximate surface area is 123 Å². The smallest absolute Gasteiger partial charge is 0.302 e. The quantitative estimate of drug-likeness (QED) is 0.491. The molecule has 0 N–H and O–H groups in total. The predicted molar refractivity (Wildman–Crippen MR) is 79.6 cm³/mol. The molecule has 0 rings (SSSR count). The van der Waals surface area contributed by atoms with Gasteiger partial charge in [-0.3, -0.25) is 9.59 Å². The van der Waals surface area contributed by atoms with Crippen LogP contribution >= 0.6 is 0 Å². The van der Waals surface area contributed by atoms with Gasteiger partial charge in [-0.2, -0.15) is 0 Å². The molecule has 0 amide bonds. The minimum Gasteiger partial charge on any atom is -0.466 e. The van der Waals surface area contributed by atoms with Gasteiger partial charge in [-0.25, -0.2) is 0 Å². The molecule has 0 aliphatic heterocycles. The topological polar surface area (TPSA) is 59.1 Å². The van der Waals surface area contributed by atoms with Gasteiger partial charge in [-0.15, -0.1) is 0 Å². The summed E-state index contributed by atoms with van der Waals surface area (Å²) in [5.41, 5.74) is 0. The van der Waals surface area contributed by atoms with E-state index >= 15 is 0 Å². The fourth-order valence-corrected chi connectivity index (χ4v) is 1.12. The molecule has 0 bridgehead atoms. The van der Waals surface area contributed by atoms with Crippen LogP contribution in [-0.2, 0) is 19.1 Å². The van der Waals surface area contributed by atoms with Crippen molar-refractivity contribution in [2.24, 2.45) is 0 Å². The van der Waals surface area contributed by atoms with E-state index < -0.39 is 0 Å². The fourth-order valence-electron chi connectivity index (χ4n) is 1.12. The van der Waals surface area contributed by atoms with Gasteiger partial charge in [0.2, 0.25) is 0 Å². The maximum atomic E-state index is 10.3. The van der Waals surface area contributed by atoms with E-state index in [0.717, 1.165) is 25.9 Å². The highest BCUT2D eigenvalue weighted by Crippen LogP contribution is 1.91. The lowest BCUT2D eigenvalue weighted by molar-refractivity contribution is -0.142. The Hall–Kier alpha value is -1.14. The Morgan fingerprint density at radius 2 is 1.20 bits per heavy atom. The van der Waals surface area contributed by atoms with E-state index in [1.165, 1.54) is 13.8 Å². The third-order valence-corrected chi connectivity index (χ3v) is 2.15. The Bertz CT molecular complexity index is 256. The van der Waals surface area contributed by atoms with Crippen molar-refractivity contribution in [3.05, 3.63) is 0 Å². The molecule has 0 fully saturated rings. The molecule has 0 aromatic carbocycles. The van der Waals surface area contributed by atoms with Crippen molar-refractivity contribution >= 4 is 11.9 Å². The second kappa shape index (κ2) is 14.3. The van der Waals surface area contributed by atoms with Crippen LogP contribution in [0, 0.1) is 0 Å². The van der Waals surface area contributed by atoms with Crippen LogP contribution in [0.25, 0.3) is 0 Å². The van der Waals surface area contributed by atoms with Crippen LogP contribution in [0.5, 0.6) is 0 Å². The molecule has 0 spiro atoms. The molecule has 0 saturated carbocycles. The lowest BCUT2D eigenvalue weighted by atomic mass is 10.3. The average Bonchev–Trinajstić information content (AvgIpc) is 2.27. The SMILES string of the molecule is CC(=O)OCCCCN(C)C.CC(=O)OCCN(C)C. The van der Waals surface area contributed by atoms with E-state index in [1.807, 2.05) is 33.1 Å². The number of carbonyl (C=O) groups excluding carboxylic acids is 2. The van der Waals surface area contributed by atoms with E-state index in [-0.39, 0.29) is 11.9 Å². The molecule has 20 heavy (non-hydrogen) atoms. The normalized spacial score (nSPS) is 10.0. The van der Waals surface area contributed by atoms with Crippen LogP contribution in [0.1, 0.15) is 26.7 Å². The highest BCUT2D eigenvalue weighted by atomic mass is 16.5. The average molecular weight is 290 g/mol. The zero-order valence-electron chi connectivity index (χ0n) is 13.8. The zero-order chi connectivity index (χ0) is 16.0. The first-order valence-electron chi connectivity index (χ1n) is 6.82. The van der Waals surface area contributed by atoms with Crippen LogP contribution in [0.2, 0.25) is 0 Å². The molecule has 6 heteroatoms. The summed E-state index contributed by atoms with van der Waals surface area (Å²) in [5, 5.41) is 0. The predicted octanol–water partition coefficient (Wildman–Crippen LogP) is 1.00. The van der Waals surface area contributed by atoms with Crippen LogP contribution in [-0.4, -0.2) is 76.2 Å². The lowest BCUT2D eigenvalue weighted by Crippen LogP contribution is -2.19. The van der Waals surface area contributed by atoms with E-state index in [9.17, 15) is 9.59 Å². The van der Waals surface area contributed by atoms with Crippen molar-refractivity contribution < 1.29 is 19.1 Å². The molecule has 0 atom stereocenters. The van der Waals surface area contributed by atoms with Gasteiger partial charge in [0.1, 0.15) is 6.61 Å². The molecule has 0 aliphatic rings. The lowest BCUT2D eigenvalue weighted by Gasteiger charge is -2.08. The number of rotatable bonds is 8. The summed E-state index contributed by atoms with van der Waals surface area (Å²) in [7, 11) is 7.94. The number of unbranched alkanes of at least 4 members (excludes halogenated alkanes) is 1. The Morgan fingerprint density at radius 1 is 0.750 bits per heavy atom. The molecule has 0 aromatic rings. The first-order chi connectivity index (χ1) is 9.25. The van der Waals surface area contributed by atoms with E-state index in [0.29, 0.717) is 13.2 Å². The van der Waals surface area contributed by atoms with Gasteiger partial charge >= 0.3 is 11.9 Å². The van der Waals surface area contributed by atoms with Gasteiger partial charge < -0.3 is 19.3 Å². The van der Waals surface area contributed by atoms with E-state index in [2.05, 4.69) is 9.64 Å². The molecule has 120 valence electrons. The molecule has 6 nitrogen and oxygen atoms in total. The van der Waals surface area contributed by atoms with Crippen molar-refractivity contribution in [1.29, 1.82) is 0 Å². The van der Waals surface area contributed by atoms with Gasteiger partial charge in [0.25, 0.3) is 0 Å². The Kier molecular flexibility index (Phi) is 15.1. The van der Waals surface area contributed by atoms with E-state index in [4.69, 9.17) is 4.74 Å². The third kappa shape index (κ3) is 25.6. The Balaban J connectivity index is 0. The largest absolute Gasteiger partial charge is 0.466 e. The number of carbonyl (C=O) groups is 2. The van der Waals surface area contributed by atoms with Crippen molar-refractivity contribution in [2.75, 3.05) is 54.5 Å². The molecule has 0 unspecified atom stereocenters. The van der Waals surface area contributed by atoms with Gasteiger partial charge in [0.15, 0.2) is 0 Å². The third-order valence-electron chi connectivity index (χ3n) is 2.15. The molecule has 0 aromatic heterocycles. The number of hydrogen-bond acceptors (Lipinski definition) is 6. The standard InChI is InChI=1S/C8H17NO2.C6H13NO2/c1-8(10)11-7-5-4-6-9(2)3;1-6(8)9-5-4-7(2)3/h4-7H2,1-3H3;4-5H2,1-3H3. The van der Waals surface area contributed by atoms with Crippen LogP contribution in [0.3, 0.4) is 0 Å². The molecule has 0 heterocycles. The minimum absolute atomic E-state index is 0.185. The zero-order valence-corrected chi connectivity index (χ0v) is 13.8. The van der Waals surface area contributed by atoms with Crippen molar-refractivity contribution in [2.45, 2.75) is 26.7 Å². The van der Waals surface area contributed by atoms with Gasteiger partial charge in [0.05, 0.1) is 6.61 Å².